The molecule has 0 aromatic heterocycles. The predicted octanol–water partition coefficient (Wildman–Crippen LogP) is 5.48. The zero-order chi connectivity index (χ0) is 19.0. The Morgan fingerprint density at radius 1 is 1.20 bits per heavy atom. The van der Waals surface area contributed by atoms with Crippen molar-refractivity contribution in [1.82, 2.24) is 0 Å². The maximum atomic E-state index is 12.6. The number of allylic oxidation sites excluding steroid dienone is 7. The van der Waals surface area contributed by atoms with Crippen LogP contribution < -0.4 is 0 Å². The second-order valence-corrected chi connectivity index (χ2v) is 7.56. The molecule has 3 nitrogen and oxygen atoms in total. The molecule has 25 heavy (non-hydrogen) atoms. The van der Waals surface area contributed by atoms with E-state index in [4.69, 9.17) is 4.74 Å². The lowest BCUT2D eigenvalue weighted by atomic mass is 9.71. The topological polar surface area (TPSA) is 43.4 Å². The molecule has 0 radical (unpaired) electrons. The van der Waals surface area contributed by atoms with E-state index in [-0.39, 0.29) is 23.8 Å². The molecule has 0 aromatic carbocycles. The van der Waals surface area contributed by atoms with Crippen molar-refractivity contribution in [2.45, 2.75) is 67.2 Å². The average molecular weight is 344 g/mol. The molecule has 0 fully saturated rings. The van der Waals surface area contributed by atoms with Gasteiger partial charge in [0.1, 0.15) is 6.61 Å². The fraction of sp³-hybridized carbons (Fsp3) is 0.545. The predicted molar refractivity (Wildman–Crippen MR) is 103 cm³/mol. The SMILES string of the molecule is CC(=O)OCC=C(C)C=CC=C(C)C(=O)CC1=C(C)CCCC1(C)C. The molecule has 0 saturated carbocycles. The van der Waals surface area contributed by atoms with Crippen molar-refractivity contribution >= 4 is 11.8 Å². The van der Waals surface area contributed by atoms with Gasteiger partial charge in [-0.05, 0) is 57.1 Å². The molecule has 0 amide bonds. The maximum absolute atomic E-state index is 12.6. The van der Waals surface area contributed by atoms with Crippen LogP contribution >= 0.6 is 0 Å². The highest BCUT2D eigenvalue weighted by molar-refractivity contribution is 5.96. The van der Waals surface area contributed by atoms with E-state index >= 15 is 0 Å². The molecule has 1 aliphatic carbocycles. The summed E-state index contributed by atoms with van der Waals surface area (Å²) < 4.78 is 4.87. The Labute approximate surface area is 152 Å². The summed E-state index contributed by atoms with van der Waals surface area (Å²) in [5, 5.41) is 0. The lowest BCUT2D eigenvalue weighted by Gasteiger charge is -2.34. The molecule has 0 aromatic rings. The highest BCUT2D eigenvalue weighted by atomic mass is 16.5. The lowest BCUT2D eigenvalue weighted by Crippen LogP contribution is -2.22. The molecule has 138 valence electrons. The first-order chi connectivity index (χ1) is 11.6. The highest BCUT2D eigenvalue weighted by Crippen LogP contribution is 2.42. The Kier molecular flexibility index (Phi) is 8.08. The first-order valence-electron chi connectivity index (χ1n) is 9.01. The molecule has 0 heterocycles. The average Bonchev–Trinajstić information content (AvgIpc) is 2.50. The number of ether oxygens (including phenoxy) is 1. The van der Waals surface area contributed by atoms with Gasteiger partial charge < -0.3 is 4.74 Å². The van der Waals surface area contributed by atoms with Crippen LogP contribution in [0.2, 0.25) is 0 Å². The molecule has 0 bridgehead atoms. The molecular weight excluding hydrogens is 312 g/mol. The van der Waals surface area contributed by atoms with Crippen LogP contribution in [0.3, 0.4) is 0 Å². The minimum absolute atomic E-state index is 0.129. The number of Topliss-reactive ketones (excluding diaryl/α,β-unsaturated/α-hetero) is 1. The lowest BCUT2D eigenvalue weighted by molar-refractivity contribution is -0.139. The third kappa shape index (κ3) is 7.25. The number of hydrogen-bond donors (Lipinski definition) is 0. The number of carbonyl (C=O) groups excluding carboxylic acids is 2. The Hall–Kier alpha value is -1.90. The van der Waals surface area contributed by atoms with Gasteiger partial charge in [0.25, 0.3) is 0 Å². The van der Waals surface area contributed by atoms with Crippen LogP contribution in [-0.2, 0) is 14.3 Å². The number of carbonyl (C=O) groups is 2. The minimum atomic E-state index is -0.287. The molecule has 0 N–H and O–H groups in total. The molecular formula is C22H32O3. The highest BCUT2D eigenvalue weighted by Gasteiger charge is 2.29. The van der Waals surface area contributed by atoms with E-state index in [0.717, 1.165) is 24.0 Å². The first-order valence-corrected chi connectivity index (χ1v) is 9.01. The van der Waals surface area contributed by atoms with E-state index in [2.05, 4.69) is 20.8 Å². The van der Waals surface area contributed by atoms with Gasteiger partial charge in [-0.25, -0.2) is 0 Å². The van der Waals surface area contributed by atoms with Crippen LogP contribution in [-0.4, -0.2) is 18.4 Å². The number of hydrogen-bond acceptors (Lipinski definition) is 3. The van der Waals surface area contributed by atoms with E-state index in [1.807, 2.05) is 38.2 Å². The molecule has 3 heteroatoms. The van der Waals surface area contributed by atoms with Crippen molar-refractivity contribution in [1.29, 1.82) is 0 Å². The maximum Gasteiger partial charge on any atom is 0.302 e. The van der Waals surface area contributed by atoms with Gasteiger partial charge in [0.05, 0.1) is 0 Å². The summed E-state index contributed by atoms with van der Waals surface area (Å²) in [6, 6.07) is 0. The van der Waals surface area contributed by atoms with Crippen molar-refractivity contribution < 1.29 is 14.3 Å². The Bertz CT molecular complexity index is 628. The van der Waals surface area contributed by atoms with Gasteiger partial charge in [0.2, 0.25) is 0 Å². The fourth-order valence-electron chi connectivity index (χ4n) is 3.16. The van der Waals surface area contributed by atoms with Crippen LogP contribution in [0, 0.1) is 5.41 Å². The van der Waals surface area contributed by atoms with Crippen molar-refractivity contribution in [3.05, 3.63) is 46.6 Å². The van der Waals surface area contributed by atoms with E-state index in [9.17, 15) is 9.59 Å². The van der Waals surface area contributed by atoms with Crippen molar-refractivity contribution in [2.75, 3.05) is 6.61 Å². The van der Waals surface area contributed by atoms with Crippen LogP contribution in [0.25, 0.3) is 0 Å². The third-order valence-electron chi connectivity index (χ3n) is 4.86. The molecule has 0 saturated heterocycles. The third-order valence-corrected chi connectivity index (χ3v) is 4.86. The Morgan fingerprint density at radius 3 is 2.48 bits per heavy atom. The number of ketones is 1. The van der Waals surface area contributed by atoms with Gasteiger partial charge in [0.15, 0.2) is 5.78 Å². The number of esters is 1. The minimum Gasteiger partial charge on any atom is -0.462 e. The standard InChI is InChI=1S/C22H32O3/c1-16(12-14-25-19(4)23)9-7-10-18(3)21(24)15-20-17(2)11-8-13-22(20,5)6/h7,9-10,12H,8,11,13-15H2,1-6H3. The van der Waals surface area contributed by atoms with Crippen LogP contribution in [0.4, 0.5) is 0 Å². The quantitative estimate of drug-likeness (QED) is 0.266. The van der Waals surface area contributed by atoms with Crippen molar-refractivity contribution in [2.24, 2.45) is 5.41 Å². The van der Waals surface area contributed by atoms with Crippen molar-refractivity contribution in [3.63, 3.8) is 0 Å². The molecule has 0 unspecified atom stereocenters. The fourth-order valence-corrected chi connectivity index (χ4v) is 3.16. The molecule has 0 spiro atoms. The summed E-state index contributed by atoms with van der Waals surface area (Å²) >= 11 is 0. The second-order valence-electron chi connectivity index (χ2n) is 7.56. The summed E-state index contributed by atoms with van der Waals surface area (Å²) in [5.74, 6) is -0.0971. The summed E-state index contributed by atoms with van der Waals surface area (Å²) in [6.45, 7) is 12.1. The van der Waals surface area contributed by atoms with Gasteiger partial charge in [-0.2, -0.15) is 0 Å². The van der Waals surface area contributed by atoms with Gasteiger partial charge in [-0.1, -0.05) is 48.8 Å². The first kappa shape index (κ1) is 21.1. The van der Waals surface area contributed by atoms with E-state index < -0.39 is 0 Å². The van der Waals surface area contributed by atoms with Gasteiger partial charge in [-0.15, -0.1) is 0 Å². The summed E-state index contributed by atoms with van der Waals surface area (Å²) in [7, 11) is 0. The monoisotopic (exact) mass is 344 g/mol. The largest absolute Gasteiger partial charge is 0.462 e. The zero-order valence-electron chi connectivity index (χ0n) is 16.6. The van der Waals surface area contributed by atoms with Gasteiger partial charge in [-0.3, -0.25) is 9.59 Å². The molecule has 1 rings (SSSR count). The molecule has 0 atom stereocenters. The molecule has 1 aliphatic rings. The second kappa shape index (κ2) is 9.55. The van der Waals surface area contributed by atoms with Crippen LogP contribution in [0.15, 0.2) is 46.6 Å². The van der Waals surface area contributed by atoms with Crippen LogP contribution in [0.5, 0.6) is 0 Å². The van der Waals surface area contributed by atoms with Gasteiger partial charge >= 0.3 is 5.97 Å². The van der Waals surface area contributed by atoms with Crippen LogP contribution in [0.1, 0.15) is 67.2 Å². The Balaban J connectivity index is 2.68. The zero-order valence-corrected chi connectivity index (χ0v) is 16.6. The molecule has 0 aliphatic heterocycles. The smallest absolute Gasteiger partial charge is 0.302 e. The Morgan fingerprint density at radius 2 is 1.88 bits per heavy atom. The number of rotatable bonds is 7. The summed E-state index contributed by atoms with van der Waals surface area (Å²) in [6.07, 6.45) is 11.5. The normalized spacial score (nSPS) is 18.6. The van der Waals surface area contributed by atoms with Crippen molar-refractivity contribution in [3.8, 4) is 0 Å². The van der Waals surface area contributed by atoms with E-state index in [1.54, 1.807) is 0 Å². The van der Waals surface area contributed by atoms with E-state index in [0.29, 0.717) is 6.42 Å². The van der Waals surface area contributed by atoms with Gasteiger partial charge in [0, 0.05) is 13.3 Å². The van der Waals surface area contributed by atoms with E-state index in [1.165, 1.54) is 24.5 Å². The summed E-state index contributed by atoms with van der Waals surface area (Å²) in [4.78, 5) is 23.3. The summed E-state index contributed by atoms with van der Waals surface area (Å²) in [5.41, 5.74) is 4.59.